The Labute approximate surface area is 130 Å². The Balaban J connectivity index is 2.43. The number of carbonyl (C=O) groups excluding carboxylic acids is 1. The zero-order valence-corrected chi connectivity index (χ0v) is 13.7. The molecular formula is C13H15ClIN3O. The van der Waals surface area contributed by atoms with Crippen LogP contribution in [0, 0.1) is 3.57 Å². The third-order valence-electron chi connectivity index (χ3n) is 2.94. The van der Waals surface area contributed by atoms with E-state index < -0.39 is 0 Å². The number of carbonyl (C=O) groups is 1. The highest BCUT2D eigenvalue weighted by Gasteiger charge is 2.15. The van der Waals surface area contributed by atoms with Gasteiger partial charge < -0.3 is 9.88 Å². The number of fused-ring (bicyclic) bond motifs is 1. The molecule has 102 valence electrons. The van der Waals surface area contributed by atoms with E-state index in [0.29, 0.717) is 13.0 Å². The maximum Gasteiger partial charge on any atom is 0.221 e. The highest BCUT2D eigenvalue weighted by Crippen LogP contribution is 2.25. The quantitative estimate of drug-likeness (QED) is 0.643. The number of nitrogens with one attached hydrogen (secondary N) is 1. The van der Waals surface area contributed by atoms with E-state index >= 15 is 0 Å². The minimum Gasteiger partial charge on any atom is -0.359 e. The molecular weight excluding hydrogens is 377 g/mol. The Kier molecular flexibility index (Phi) is 4.67. The van der Waals surface area contributed by atoms with Crippen LogP contribution >= 0.6 is 34.2 Å². The van der Waals surface area contributed by atoms with Gasteiger partial charge in [-0.3, -0.25) is 4.79 Å². The van der Waals surface area contributed by atoms with E-state index in [1.165, 1.54) is 0 Å². The van der Waals surface area contributed by atoms with Gasteiger partial charge in [0, 0.05) is 23.6 Å². The van der Waals surface area contributed by atoms with Crippen LogP contribution in [-0.2, 0) is 11.3 Å². The zero-order chi connectivity index (χ0) is 14.0. The Hall–Kier alpha value is -0.820. The zero-order valence-electron chi connectivity index (χ0n) is 10.8. The number of aryl methyl sites for hydroxylation is 1. The Morgan fingerprint density at radius 1 is 1.58 bits per heavy atom. The molecule has 1 unspecified atom stereocenters. The van der Waals surface area contributed by atoms with Gasteiger partial charge in [-0.15, -0.1) is 11.6 Å². The predicted molar refractivity (Wildman–Crippen MR) is 85.4 cm³/mol. The molecule has 6 heteroatoms. The molecule has 4 nitrogen and oxygen atoms in total. The Bertz CT molecular complexity index is 609. The number of hydrogen-bond donors (Lipinski definition) is 1. The smallest absolute Gasteiger partial charge is 0.221 e. The Morgan fingerprint density at radius 2 is 2.32 bits per heavy atom. The van der Waals surface area contributed by atoms with E-state index in [0.717, 1.165) is 20.4 Å². The van der Waals surface area contributed by atoms with Gasteiger partial charge in [-0.05, 0) is 47.7 Å². The minimum absolute atomic E-state index is 0.0144. The molecule has 0 fully saturated rings. The lowest BCUT2D eigenvalue weighted by molar-refractivity contribution is -0.120. The topological polar surface area (TPSA) is 46.9 Å². The van der Waals surface area contributed by atoms with Crippen LogP contribution in [0.4, 0.5) is 0 Å². The van der Waals surface area contributed by atoms with Crippen LogP contribution in [0.25, 0.3) is 11.0 Å². The second-order valence-electron chi connectivity index (χ2n) is 4.29. The lowest BCUT2D eigenvalue weighted by Gasteiger charge is -2.09. The van der Waals surface area contributed by atoms with Gasteiger partial charge in [0.05, 0.1) is 16.4 Å². The van der Waals surface area contributed by atoms with Crippen molar-refractivity contribution in [2.24, 2.45) is 0 Å². The van der Waals surface area contributed by atoms with Crippen molar-refractivity contribution in [3.63, 3.8) is 0 Å². The molecule has 19 heavy (non-hydrogen) atoms. The van der Waals surface area contributed by atoms with Crippen molar-refractivity contribution in [2.75, 3.05) is 7.05 Å². The summed E-state index contributed by atoms with van der Waals surface area (Å²) in [7, 11) is 1.64. The fourth-order valence-electron chi connectivity index (χ4n) is 2.00. The normalized spacial score (nSPS) is 12.6. The molecule has 1 atom stereocenters. The van der Waals surface area contributed by atoms with Gasteiger partial charge in [0.2, 0.25) is 5.91 Å². The number of amides is 1. The van der Waals surface area contributed by atoms with Gasteiger partial charge >= 0.3 is 0 Å². The minimum atomic E-state index is -0.185. The first-order chi connectivity index (χ1) is 9.02. The number of benzene rings is 1. The number of halogens is 2. The van der Waals surface area contributed by atoms with Crippen LogP contribution in [0.5, 0.6) is 0 Å². The highest BCUT2D eigenvalue weighted by atomic mass is 127. The second kappa shape index (κ2) is 6.09. The first-order valence-corrected chi connectivity index (χ1v) is 7.54. The predicted octanol–water partition coefficient (Wildman–Crippen LogP) is 3.08. The molecule has 2 rings (SSSR count). The third-order valence-corrected chi connectivity index (χ3v) is 3.80. The average molecular weight is 392 g/mol. The first kappa shape index (κ1) is 14.6. The van der Waals surface area contributed by atoms with Crippen LogP contribution in [0.1, 0.15) is 24.5 Å². The maximum atomic E-state index is 11.4. The Morgan fingerprint density at radius 3 is 2.95 bits per heavy atom. The van der Waals surface area contributed by atoms with Crippen LogP contribution in [0.15, 0.2) is 18.2 Å². The summed E-state index contributed by atoms with van der Waals surface area (Å²) in [5.74, 6) is 0.822. The summed E-state index contributed by atoms with van der Waals surface area (Å²) in [4.78, 5) is 16.0. The van der Waals surface area contributed by atoms with Gasteiger partial charge in [0.15, 0.2) is 0 Å². The monoisotopic (exact) mass is 391 g/mol. The summed E-state index contributed by atoms with van der Waals surface area (Å²) in [5.41, 5.74) is 1.94. The number of hydrogen-bond acceptors (Lipinski definition) is 2. The standard InChI is InChI=1S/C13H15ClIN3O/c1-8(14)13-17-10-7-9(15)3-4-11(10)18(13)6-5-12(19)16-2/h3-4,7-8H,5-6H2,1-2H3,(H,16,19). The van der Waals surface area contributed by atoms with Crippen molar-refractivity contribution in [1.82, 2.24) is 14.9 Å². The molecule has 2 aromatic rings. The molecule has 1 aromatic heterocycles. The highest BCUT2D eigenvalue weighted by molar-refractivity contribution is 14.1. The van der Waals surface area contributed by atoms with Crippen LogP contribution in [0.3, 0.4) is 0 Å². The summed E-state index contributed by atoms with van der Waals surface area (Å²) >= 11 is 8.44. The summed E-state index contributed by atoms with van der Waals surface area (Å²) in [5, 5.41) is 2.44. The molecule has 1 aromatic carbocycles. The van der Waals surface area contributed by atoms with Gasteiger partial charge in [-0.25, -0.2) is 4.98 Å². The largest absolute Gasteiger partial charge is 0.359 e. The maximum absolute atomic E-state index is 11.4. The van der Waals surface area contributed by atoms with Crippen molar-refractivity contribution >= 4 is 51.1 Å². The van der Waals surface area contributed by atoms with E-state index in [1.54, 1.807) is 7.05 Å². The lowest BCUT2D eigenvalue weighted by Crippen LogP contribution is -2.20. The number of imidazole rings is 1. The summed E-state index contributed by atoms with van der Waals surface area (Å²) in [6.07, 6.45) is 0.421. The molecule has 1 N–H and O–H groups in total. The van der Waals surface area contributed by atoms with E-state index in [1.807, 2.05) is 29.7 Å². The number of nitrogens with zero attached hydrogens (tertiary/aromatic N) is 2. The van der Waals surface area contributed by atoms with E-state index in [-0.39, 0.29) is 11.3 Å². The van der Waals surface area contributed by atoms with Crippen molar-refractivity contribution in [3.05, 3.63) is 27.6 Å². The van der Waals surface area contributed by atoms with Crippen molar-refractivity contribution < 1.29 is 4.79 Å². The van der Waals surface area contributed by atoms with Crippen LogP contribution < -0.4 is 5.32 Å². The molecule has 0 aliphatic rings. The van der Waals surface area contributed by atoms with Gasteiger partial charge in [-0.2, -0.15) is 0 Å². The fraction of sp³-hybridized carbons (Fsp3) is 0.385. The van der Waals surface area contributed by atoms with Crippen molar-refractivity contribution in [2.45, 2.75) is 25.3 Å². The number of rotatable bonds is 4. The van der Waals surface area contributed by atoms with Gasteiger partial charge in [-0.1, -0.05) is 0 Å². The molecule has 1 heterocycles. The number of aromatic nitrogens is 2. The molecule has 0 saturated heterocycles. The second-order valence-corrected chi connectivity index (χ2v) is 6.19. The van der Waals surface area contributed by atoms with E-state index in [2.05, 4.69) is 32.9 Å². The summed E-state index contributed by atoms with van der Waals surface area (Å²) < 4.78 is 3.16. The molecule has 0 aliphatic heterocycles. The fourth-order valence-corrected chi connectivity index (χ4v) is 2.64. The first-order valence-electron chi connectivity index (χ1n) is 6.03. The van der Waals surface area contributed by atoms with Crippen LogP contribution in [-0.4, -0.2) is 22.5 Å². The molecule has 1 amide bonds. The summed E-state index contributed by atoms with van der Waals surface area (Å²) in [6, 6.07) is 6.08. The SMILES string of the molecule is CNC(=O)CCn1c(C(C)Cl)nc2cc(I)ccc21. The molecule has 0 radical (unpaired) electrons. The van der Waals surface area contributed by atoms with Gasteiger partial charge in [0.25, 0.3) is 0 Å². The summed E-state index contributed by atoms with van der Waals surface area (Å²) in [6.45, 7) is 2.48. The van der Waals surface area contributed by atoms with E-state index in [4.69, 9.17) is 11.6 Å². The molecule has 0 saturated carbocycles. The van der Waals surface area contributed by atoms with Crippen LogP contribution in [0.2, 0.25) is 0 Å². The third kappa shape index (κ3) is 3.20. The van der Waals surface area contributed by atoms with Crippen molar-refractivity contribution in [1.29, 1.82) is 0 Å². The number of alkyl halides is 1. The average Bonchev–Trinajstić information content (AvgIpc) is 2.73. The molecule has 0 aliphatic carbocycles. The van der Waals surface area contributed by atoms with Gasteiger partial charge in [0.1, 0.15) is 5.82 Å². The molecule has 0 spiro atoms. The van der Waals surface area contributed by atoms with Crippen molar-refractivity contribution in [3.8, 4) is 0 Å². The lowest BCUT2D eigenvalue weighted by atomic mass is 10.3. The molecule has 0 bridgehead atoms. The van der Waals surface area contributed by atoms with E-state index in [9.17, 15) is 4.79 Å².